The number of anilines is 1. The van der Waals surface area contributed by atoms with E-state index in [-0.39, 0.29) is 0 Å². The molecule has 2 aromatic heterocycles. The first-order chi connectivity index (χ1) is 9.25. The van der Waals surface area contributed by atoms with E-state index in [2.05, 4.69) is 19.7 Å². The fourth-order valence-corrected chi connectivity index (χ4v) is 2.92. The van der Waals surface area contributed by atoms with Gasteiger partial charge in [-0.05, 0) is 25.8 Å². The van der Waals surface area contributed by atoms with Crippen LogP contribution in [0.5, 0.6) is 0 Å². The van der Waals surface area contributed by atoms with Gasteiger partial charge in [-0.2, -0.15) is 0 Å². The number of nitrogens with two attached hydrogens (primary N) is 1. The highest BCUT2D eigenvalue weighted by Gasteiger charge is 2.21. The molecule has 1 aliphatic carbocycles. The van der Waals surface area contributed by atoms with E-state index in [0.29, 0.717) is 11.7 Å². The summed E-state index contributed by atoms with van der Waals surface area (Å²) in [6, 6.07) is 2.43. The van der Waals surface area contributed by atoms with Gasteiger partial charge in [0.15, 0.2) is 5.82 Å². The number of rotatable bonds is 2. The van der Waals surface area contributed by atoms with Crippen molar-refractivity contribution in [2.45, 2.75) is 45.1 Å². The highest BCUT2D eigenvalue weighted by Crippen LogP contribution is 2.32. The fraction of sp³-hybridized carbons (Fsp3) is 0.500. The Morgan fingerprint density at radius 1 is 1.16 bits per heavy atom. The number of aryl methyl sites for hydroxylation is 1. The van der Waals surface area contributed by atoms with Crippen LogP contribution in [0, 0.1) is 6.92 Å². The van der Waals surface area contributed by atoms with Crippen LogP contribution in [0.15, 0.2) is 18.5 Å². The third kappa shape index (κ3) is 2.32. The van der Waals surface area contributed by atoms with Crippen molar-refractivity contribution in [2.75, 3.05) is 5.73 Å². The van der Waals surface area contributed by atoms with Crippen LogP contribution in [0.3, 0.4) is 0 Å². The molecule has 0 saturated heterocycles. The summed E-state index contributed by atoms with van der Waals surface area (Å²) in [6.45, 7) is 2.02. The Bertz CT molecular complexity index is 569. The van der Waals surface area contributed by atoms with Crippen LogP contribution in [-0.4, -0.2) is 19.7 Å². The largest absolute Gasteiger partial charge is 0.397 e. The van der Waals surface area contributed by atoms with E-state index in [0.717, 1.165) is 17.2 Å². The Labute approximate surface area is 112 Å². The Kier molecular flexibility index (Phi) is 3.19. The van der Waals surface area contributed by atoms with E-state index in [1.165, 1.54) is 32.1 Å². The third-order valence-corrected chi connectivity index (χ3v) is 3.82. The van der Waals surface area contributed by atoms with Crippen molar-refractivity contribution in [1.29, 1.82) is 0 Å². The van der Waals surface area contributed by atoms with Crippen LogP contribution >= 0.6 is 0 Å². The quantitative estimate of drug-likeness (QED) is 0.898. The minimum atomic E-state index is 0.514. The van der Waals surface area contributed by atoms with Crippen molar-refractivity contribution in [1.82, 2.24) is 19.7 Å². The molecule has 1 aliphatic rings. The molecule has 2 N–H and O–H groups in total. The second-order valence-corrected chi connectivity index (χ2v) is 5.24. The number of pyridine rings is 1. The Morgan fingerprint density at radius 3 is 2.68 bits per heavy atom. The predicted octanol–water partition coefficient (Wildman–Crippen LogP) is 2.74. The van der Waals surface area contributed by atoms with Crippen molar-refractivity contribution in [3.05, 3.63) is 24.3 Å². The lowest BCUT2D eigenvalue weighted by Crippen LogP contribution is -2.15. The minimum Gasteiger partial charge on any atom is -0.397 e. The van der Waals surface area contributed by atoms with E-state index in [4.69, 9.17) is 5.73 Å². The standard InChI is InChI=1S/C14H19N5/c1-10-17-18-14(11-7-12(15)9-16-8-11)19(10)13-5-3-2-4-6-13/h7-9,13H,2-6,15H2,1H3. The maximum absolute atomic E-state index is 5.81. The summed E-state index contributed by atoms with van der Waals surface area (Å²) in [5.41, 5.74) is 7.42. The zero-order chi connectivity index (χ0) is 13.2. The van der Waals surface area contributed by atoms with Gasteiger partial charge in [-0.3, -0.25) is 4.98 Å². The molecule has 0 atom stereocenters. The maximum atomic E-state index is 5.81. The Balaban J connectivity index is 2.02. The molecule has 5 nitrogen and oxygen atoms in total. The predicted molar refractivity (Wildman–Crippen MR) is 74.5 cm³/mol. The number of nitrogen functional groups attached to an aromatic ring is 1. The zero-order valence-corrected chi connectivity index (χ0v) is 11.2. The van der Waals surface area contributed by atoms with Gasteiger partial charge in [0.2, 0.25) is 0 Å². The normalized spacial score (nSPS) is 16.7. The second-order valence-electron chi connectivity index (χ2n) is 5.24. The first-order valence-electron chi connectivity index (χ1n) is 6.88. The molecule has 0 amide bonds. The van der Waals surface area contributed by atoms with E-state index in [9.17, 15) is 0 Å². The zero-order valence-electron chi connectivity index (χ0n) is 11.2. The number of nitrogens with zero attached hydrogens (tertiary/aromatic N) is 4. The average Bonchev–Trinajstić information content (AvgIpc) is 2.82. The SMILES string of the molecule is Cc1nnc(-c2cncc(N)c2)n1C1CCCCC1. The van der Waals surface area contributed by atoms with Crippen molar-refractivity contribution in [3.8, 4) is 11.4 Å². The lowest BCUT2D eigenvalue weighted by Gasteiger charge is -2.25. The molecule has 0 unspecified atom stereocenters. The van der Waals surface area contributed by atoms with Gasteiger partial charge < -0.3 is 10.3 Å². The molecule has 3 rings (SSSR count). The van der Waals surface area contributed by atoms with Gasteiger partial charge in [0.25, 0.3) is 0 Å². The monoisotopic (exact) mass is 257 g/mol. The molecule has 1 saturated carbocycles. The molecular formula is C14H19N5. The summed E-state index contributed by atoms with van der Waals surface area (Å²) >= 11 is 0. The van der Waals surface area contributed by atoms with Gasteiger partial charge in [-0.1, -0.05) is 19.3 Å². The van der Waals surface area contributed by atoms with Gasteiger partial charge in [0, 0.05) is 24.0 Å². The molecule has 1 fully saturated rings. The van der Waals surface area contributed by atoms with Crippen molar-refractivity contribution in [3.63, 3.8) is 0 Å². The summed E-state index contributed by atoms with van der Waals surface area (Å²) in [6.07, 6.45) is 9.79. The van der Waals surface area contributed by atoms with Crippen molar-refractivity contribution in [2.24, 2.45) is 0 Å². The fourth-order valence-electron chi connectivity index (χ4n) is 2.92. The minimum absolute atomic E-state index is 0.514. The highest BCUT2D eigenvalue weighted by molar-refractivity contribution is 5.59. The van der Waals surface area contributed by atoms with Crippen LogP contribution in [-0.2, 0) is 0 Å². The van der Waals surface area contributed by atoms with Gasteiger partial charge in [-0.15, -0.1) is 10.2 Å². The first-order valence-corrected chi connectivity index (χ1v) is 6.88. The molecule has 0 aliphatic heterocycles. The second kappa shape index (κ2) is 4.99. The number of hydrogen-bond donors (Lipinski definition) is 1. The Hall–Kier alpha value is -1.91. The van der Waals surface area contributed by atoms with E-state index < -0.39 is 0 Å². The number of hydrogen-bond acceptors (Lipinski definition) is 4. The molecule has 0 bridgehead atoms. The van der Waals surface area contributed by atoms with Crippen LogP contribution in [0.1, 0.15) is 44.0 Å². The molecular weight excluding hydrogens is 238 g/mol. The van der Waals surface area contributed by atoms with Crippen molar-refractivity contribution < 1.29 is 0 Å². The molecule has 19 heavy (non-hydrogen) atoms. The van der Waals surface area contributed by atoms with Gasteiger partial charge in [-0.25, -0.2) is 0 Å². The first kappa shape index (κ1) is 12.1. The summed E-state index contributed by atoms with van der Waals surface area (Å²) in [7, 11) is 0. The lowest BCUT2D eigenvalue weighted by atomic mass is 9.95. The van der Waals surface area contributed by atoms with Gasteiger partial charge in [0.05, 0.1) is 5.69 Å². The van der Waals surface area contributed by atoms with Crippen LogP contribution < -0.4 is 5.73 Å². The smallest absolute Gasteiger partial charge is 0.165 e. The molecule has 0 radical (unpaired) electrons. The summed E-state index contributed by atoms with van der Waals surface area (Å²) in [5, 5.41) is 8.56. The molecule has 5 heteroatoms. The van der Waals surface area contributed by atoms with E-state index in [1.54, 1.807) is 12.4 Å². The summed E-state index contributed by atoms with van der Waals surface area (Å²) < 4.78 is 2.26. The Morgan fingerprint density at radius 2 is 1.95 bits per heavy atom. The topological polar surface area (TPSA) is 69.6 Å². The summed E-state index contributed by atoms with van der Waals surface area (Å²) in [4.78, 5) is 4.15. The third-order valence-electron chi connectivity index (χ3n) is 3.82. The molecule has 100 valence electrons. The van der Waals surface area contributed by atoms with Crippen molar-refractivity contribution >= 4 is 5.69 Å². The van der Waals surface area contributed by atoms with Crippen LogP contribution in [0.2, 0.25) is 0 Å². The van der Waals surface area contributed by atoms with E-state index in [1.807, 2.05) is 13.0 Å². The molecule has 2 aromatic rings. The highest BCUT2D eigenvalue weighted by atomic mass is 15.3. The number of aromatic nitrogens is 4. The molecule has 0 aromatic carbocycles. The summed E-state index contributed by atoms with van der Waals surface area (Å²) in [5.74, 6) is 1.87. The van der Waals surface area contributed by atoms with Crippen LogP contribution in [0.4, 0.5) is 5.69 Å². The molecule has 0 spiro atoms. The van der Waals surface area contributed by atoms with Gasteiger partial charge >= 0.3 is 0 Å². The van der Waals surface area contributed by atoms with E-state index >= 15 is 0 Å². The van der Waals surface area contributed by atoms with Gasteiger partial charge in [0.1, 0.15) is 5.82 Å². The molecule has 2 heterocycles. The average molecular weight is 257 g/mol. The lowest BCUT2D eigenvalue weighted by molar-refractivity contribution is 0.350. The maximum Gasteiger partial charge on any atom is 0.165 e. The van der Waals surface area contributed by atoms with Crippen LogP contribution in [0.25, 0.3) is 11.4 Å².